The van der Waals surface area contributed by atoms with E-state index in [4.69, 9.17) is 0 Å². The van der Waals surface area contributed by atoms with Gasteiger partial charge in [-0.1, -0.05) is 92.6 Å². The summed E-state index contributed by atoms with van der Waals surface area (Å²) in [6.07, 6.45) is 16.0. The molecule has 25 heavy (non-hydrogen) atoms. The van der Waals surface area contributed by atoms with Crippen molar-refractivity contribution in [1.82, 2.24) is 0 Å². The Morgan fingerprint density at radius 2 is 1.28 bits per heavy atom. The van der Waals surface area contributed by atoms with E-state index in [1.807, 2.05) is 0 Å². The van der Waals surface area contributed by atoms with Crippen LogP contribution in [0.4, 0.5) is 0 Å². The number of benzene rings is 2. The van der Waals surface area contributed by atoms with Crippen molar-refractivity contribution in [3.8, 4) is 0 Å². The highest BCUT2D eigenvalue weighted by Gasteiger charge is 2.19. The van der Waals surface area contributed by atoms with Gasteiger partial charge in [0, 0.05) is 11.8 Å². The Kier molecular flexibility index (Phi) is 4.88. The molecule has 0 aromatic heterocycles. The zero-order chi connectivity index (χ0) is 17.1. The summed E-state index contributed by atoms with van der Waals surface area (Å²) in [7, 11) is 0. The van der Waals surface area contributed by atoms with E-state index >= 15 is 0 Å². The highest BCUT2D eigenvalue weighted by molar-refractivity contribution is 5.62. The molecule has 0 saturated carbocycles. The average molecular weight is 328 g/mol. The van der Waals surface area contributed by atoms with Crippen LogP contribution in [0.3, 0.4) is 0 Å². The van der Waals surface area contributed by atoms with Gasteiger partial charge in [-0.3, -0.25) is 0 Å². The number of fused-ring (bicyclic) bond motifs is 2. The lowest BCUT2D eigenvalue weighted by Crippen LogP contribution is -2.01. The van der Waals surface area contributed by atoms with E-state index in [0.717, 1.165) is 5.92 Å². The van der Waals surface area contributed by atoms with Crippen LogP contribution in [0, 0.1) is 5.92 Å². The van der Waals surface area contributed by atoms with Crippen molar-refractivity contribution in [3.63, 3.8) is 0 Å². The molecule has 128 valence electrons. The van der Waals surface area contributed by atoms with Gasteiger partial charge >= 0.3 is 0 Å². The summed E-state index contributed by atoms with van der Waals surface area (Å²) in [5.74, 6) is 2.11. The van der Waals surface area contributed by atoms with Gasteiger partial charge in [-0.05, 0) is 47.4 Å². The molecular formula is C25H28. The minimum Gasteiger partial charge on any atom is -0.0764 e. The normalized spacial score (nSPS) is 21.3. The van der Waals surface area contributed by atoms with Gasteiger partial charge in [-0.2, -0.15) is 0 Å². The zero-order valence-electron chi connectivity index (χ0n) is 15.2. The zero-order valence-corrected chi connectivity index (χ0v) is 15.2. The second-order valence-electron chi connectivity index (χ2n) is 7.80. The summed E-state index contributed by atoms with van der Waals surface area (Å²) < 4.78 is 0. The van der Waals surface area contributed by atoms with Crippen LogP contribution in [-0.2, 0) is 0 Å². The van der Waals surface area contributed by atoms with E-state index in [1.165, 1.54) is 54.4 Å². The van der Waals surface area contributed by atoms with Gasteiger partial charge in [-0.15, -0.1) is 0 Å². The molecule has 0 aliphatic heterocycles. The summed E-state index contributed by atoms with van der Waals surface area (Å²) in [6.45, 7) is 2.43. The fourth-order valence-electron chi connectivity index (χ4n) is 4.45. The second-order valence-corrected chi connectivity index (χ2v) is 7.80. The molecule has 0 spiro atoms. The molecule has 2 aliphatic carbocycles. The third-order valence-electron chi connectivity index (χ3n) is 5.99. The molecule has 0 heteroatoms. The van der Waals surface area contributed by atoms with E-state index in [2.05, 4.69) is 79.8 Å². The predicted molar refractivity (Wildman–Crippen MR) is 109 cm³/mol. The molecule has 3 atom stereocenters. The van der Waals surface area contributed by atoms with Crippen LogP contribution in [0.5, 0.6) is 0 Å². The monoisotopic (exact) mass is 328 g/mol. The summed E-state index contributed by atoms with van der Waals surface area (Å²) in [4.78, 5) is 0. The topological polar surface area (TPSA) is 0 Å². The van der Waals surface area contributed by atoms with E-state index in [1.54, 1.807) is 0 Å². The molecule has 2 aromatic rings. The van der Waals surface area contributed by atoms with Gasteiger partial charge in [0.05, 0.1) is 0 Å². The number of hydrogen-bond donors (Lipinski definition) is 0. The predicted octanol–water partition coefficient (Wildman–Crippen LogP) is 7.19. The van der Waals surface area contributed by atoms with Gasteiger partial charge in [0.1, 0.15) is 0 Å². The highest BCUT2D eigenvalue weighted by Crippen LogP contribution is 2.36. The van der Waals surface area contributed by atoms with Gasteiger partial charge in [-0.25, -0.2) is 0 Å². The molecule has 0 amide bonds. The lowest BCUT2D eigenvalue weighted by molar-refractivity contribution is 0.439. The first-order chi connectivity index (χ1) is 12.3. The molecule has 0 nitrogen and oxygen atoms in total. The Bertz CT molecular complexity index is 780. The van der Waals surface area contributed by atoms with Crippen LogP contribution in [0.1, 0.15) is 73.1 Å². The fourth-order valence-corrected chi connectivity index (χ4v) is 4.45. The molecule has 4 rings (SSSR count). The van der Waals surface area contributed by atoms with Crippen LogP contribution in [0.15, 0.2) is 60.7 Å². The Morgan fingerprint density at radius 1 is 0.720 bits per heavy atom. The molecule has 0 bridgehead atoms. The Morgan fingerprint density at radius 3 is 1.92 bits per heavy atom. The van der Waals surface area contributed by atoms with E-state index in [-0.39, 0.29) is 0 Å². The SMILES string of the molecule is CC(CCCC1C=Cc2ccccc21)CCC1C=Cc2ccccc21. The Balaban J connectivity index is 1.21. The molecule has 0 heterocycles. The molecule has 0 fully saturated rings. The second kappa shape index (κ2) is 7.44. The van der Waals surface area contributed by atoms with Crippen molar-refractivity contribution < 1.29 is 0 Å². The van der Waals surface area contributed by atoms with Crippen LogP contribution >= 0.6 is 0 Å². The first-order valence-corrected chi connectivity index (χ1v) is 9.85. The van der Waals surface area contributed by atoms with Gasteiger partial charge in [0.15, 0.2) is 0 Å². The largest absolute Gasteiger partial charge is 0.0764 e. The van der Waals surface area contributed by atoms with Crippen molar-refractivity contribution in [2.45, 2.75) is 50.9 Å². The lowest BCUT2D eigenvalue weighted by atomic mass is 9.88. The first kappa shape index (κ1) is 16.4. The highest BCUT2D eigenvalue weighted by atomic mass is 14.2. The van der Waals surface area contributed by atoms with Crippen LogP contribution < -0.4 is 0 Å². The van der Waals surface area contributed by atoms with Crippen molar-refractivity contribution in [2.75, 3.05) is 0 Å². The third kappa shape index (κ3) is 3.63. The van der Waals surface area contributed by atoms with Crippen LogP contribution in [-0.4, -0.2) is 0 Å². The lowest BCUT2D eigenvalue weighted by Gasteiger charge is -2.16. The summed E-state index contributed by atoms with van der Waals surface area (Å²) in [5, 5.41) is 0. The van der Waals surface area contributed by atoms with E-state index in [9.17, 15) is 0 Å². The molecule has 0 radical (unpaired) electrons. The third-order valence-corrected chi connectivity index (χ3v) is 5.99. The van der Waals surface area contributed by atoms with Crippen molar-refractivity contribution >= 4 is 12.2 Å². The van der Waals surface area contributed by atoms with Crippen molar-refractivity contribution in [2.24, 2.45) is 5.92 Å². The van der Waals surface area contributed by atoms with Crippen LogP contribution in [0.25, 0.3) is 12.2 Å². The summed E-state index contributed by atoms with van der Waals surface area (Å²) >= 11 is 0. The molecule has 0 N–H and O–H groups in total. The molecule has 2 aromatic carbocycles. The summed E-state index contributed by atoms with van der Waals surface area (Å²) in [6, 6.07) is 17.7. The summed E-state index contributed by atoms with van der Waals surface area (Å²) in [5.41, 5.74) is 5.91. The van der Waals surface area contributed by atoms with Crippen molar-refractivity contribution in [1.29, 1.82) is 0 Å². The van der Waals surface area contributed by atoms with Gasteiger partial charge < -0.3 is 0 Å². The molecule has 3 unspecified atom stereocenters. The molecule has 0 saturated heterocycles. The first-order valence-electron chi connectivity index (χ1n) is 9.85. The fraction of sp³-hybridized carbons (Fsp3) is 0.360. The van der Waals surface area contributed by atoms with E-state index < -0.39 is 0 Å². The smallest absolute Gasteiger partial charge is 0.00273 e. The minimum absolute atomic E-state index is 0.642. The van der Waals surface area contributed by atoms with E-state index in [0.29, 0.717) is 11.8 Å². The van der Waals surface area contributed by atoms with Crippen molar-refractivity contribution in [3.05, 3.63) is 82.9 Å². The number of allylic oxidation sites excluding steroid dienone is 2. The average Bonchev–Trinajstić information content (AvgIpc) is 3.24. The number of hydrogen-bond acceptors (Lipinski definition) is 0. The van der Waals surface area contributed by atoms with Gasteiger partial charge in [0.2, 0.25) is 0 Å². The quantitative estimate of drug-likeness (QED) is 0.504. The van der Waals surface area contributed by atoms with Gasteiger partial charge in [0.25, 0.3) is 0 Å². The minimum atomic E-state index is 0.642. The molecular weight excluding hydrogens is 300 g/mol. The van der Waals surface area contributed by atoms with Crippen LogP contribution in [0.2, 0.25) is 0 Å². The Labute approximate surface area is 152 Å². The maximum Gasteiger partial charge on any atom is 0.00273 e. The standard InChI is InChI=1S/C25H28/c1-19(13-14-23-18-17-21-9-3-5-12-25(21)23)7-6-10-22-16-15-20-8-2-4-11-24(20)22/h2-5,8-9,11-12,15-19,22-23H,6-7,10,13-14H2,1H3. The Hall–Kier alpha value is -2.08. The maximum absolute atomic E-state index is 2.43. The molecule has 2 aliphatic rings. The number of rotatable bonds is 7. The maximum atomic E-state index is 2.43.